The average molecular weight is 629 g/mol. The van der Waals surface area contributed by atoms with Gasteiger partial charge in [-0.25, -0.2) is 0 Å². The molecule has 228 valence electrons. The maximum atomic E-state index is 2.41. The smallest absolute Gasteiger partial charge is 0.00141 e. The van der Waals surface area contributed by atoms with Crippen LogP contribution < -0.4 is 0 Å². The molecular weight excluding hydrogens is 601 g/mol. The molecule has 0 radical (unpaired) electrons. The average Bonchev–Trinajstić information content (AvgIpc) is 3.19. The van der Waals surface area contributed by atoms with Crippen LogP contribution in [0.2, 0.25) is 0 Å². The monoisotopic (exact) mass is 628 g/mol. The van der Waals surface area contributed by atoms with E-state index >= 15 is 0 Å². The molecule has 0 amide bonds. The van der Waals surface area contributed by atoms with Gasteiger partial charge in [-0.15, -0.1) is 0 Å². The second kappa shape index (κ2) is 9.56. The maximum absolute atomic E-state index is 2.41. The van der Waals surface area contributed by atoms with E-state index in [0.717, 1.165) is 0 Å². The number of hydrogen-bond donors (Lipinski definition) is 0. The van der Waals surface area contributed by atoms with Crippen molar-refractivity contribution in [3.63, 3.8) is 0 Å². The lowest BCUT2D eigenvalue weighted by atomic mass is 9.85. The van der Waals surface area contributed by atoms with Crippen molar-refractivity contribution in [2.75, 3.05) is 0 Å². The minimum Gasteiger partial charge on any atom is -0.0616 e. The van der Waals surface area contributed by atoms with Gasteiger partial charge in [-0.1, -0.05) is 146 Å². The number of hydrogen-bond acceptors (Lipinski definition) is 0. The molecule has 0 saturated carbocycles. The van der Waals surface area contributed by atoms with E-state index in [0.29, 0.717) is 0 Å². The number of rotatable bonds is 2. The molecule has 0 saturated heterocycles. The van der Waals surface area contributed by atoms with Gasteiger partial charge in [0.05, 0.1) is 0 Å². The van der Waals surface area contributed by atoms with Gasteiger partial charge < -0.3 is 0 Å². The van der Waals surface area contributed by atoms with Crippen molar-refractivity contribution in [3.8, 4) is 22.3 Å². The molecule has 12 aromatic rings. The Bertz CT molecular complexity index is 3140. The first-order chi connectivity index (χ1) is 24.8. The van der Waals surface area contributed by atoms with Crippen LogP contribution in [-0.4, -0.2) is 0 Å². The molecule has 50 heavy (non-hydrogen) atoms. The highest BCUT2D eigenvalue weighted by molar-refractivity contribution is 6.36. The molecule has 12 rings (SSSR count). The normalized spacial score (nSPS) is 12.4. The Labute approximate surface area is 288 Å². The third kappa shape index (κ3) is 3.40. The van der Waals surface area contributed by atoms with Crippen LogP contribution in [0.3, 0.4) is 0 Å². The SMILES string of the molecule is c1ccc2c(c1)c1cccc3cc(-c4ccc5ccc(-c6cc7cccc8c9ccccc9c9cccc6c9c78)cc5c4)c4cccc2c4c31. The first-order valence-corrected chi connectivity index (χ1v) is 17.5. The topological polar surface area (TPSA) is 0 Å². The molecule has 0 aliphatic carbocycles. The summed E-state index contributed by atoms with van der Waals surface area (Å²) >= 11 is 0. The molecule has 0 heteroatoms. The quantitative estimate of drug-likeness (QED) is 0.132. The van der Waals surface area contributed by atoms with Crippen molar-refractivity contribution in [2.24, 2.45) is 0 Å². The molecule has 0 bridgehead atoms. The molecule has 0 aromatic heterocycles. The number of fused-ring (bicyclic) bond motifs is 7. The molecule has 0 unspecified atom stereocenters. The van der Waals surface area contributed by atoms with Crippen molar-refractivity contribution in [2.45, 2.75) is 0 Å². The van der Waals surface area contributed by atoms with Crippen LogP contribution in [0.1, 0.15) is 0 Å². The lowest BCUT2D eigenvalue weighted by Crippen LogP contribution is -1.91. The van der Waals surface area contributed by atoms with Crippen molar-refractivity contribution in [3.05, 3.63) is 170 Å². The molecular formula is C50H28. The molecule has 0 aliphatic rings. The van der Waals surface area contributed by atoms with Crippen LogP contribution >= 0.6 is 0 Å². The molecule has 0 heterocycles. The summed E-state index contributed by atoms with van der Waals surface area (Å²) in [4.78, 5) is 0. The molecule has 0 atom stereocenters. The largest absolute Gasteiger partial charge is 0.0616 e. The minimum atomic E-state index is 1.25. The summed E-state index contributed by atoms with van der Waals surface area (Å²) in [5.41, 5.74) is 5.07. The van der Waals surface area contributed by atoms with Crippen LogP contribution in [-0.2, 0) is 0 Å². The summed E-state index contributed by atoms with van der Waals surface area (Å²) in [5.74, 6) is 0. The third-order valence-corrected chi connectivity index (χ3v) is 11.5. The maximum Gasteiger partial charge on any atom is -0.00141 e. The van der Waals surface area contributed by atoms with Gasteiger partial charge in [0.25, 0.3) is 0 Å². The van der Waals surface area contributed by atoms with Crippen molar-refractivity contribution >= 4 is 97.0 Å². The van der Waals surface area contributed by atoms with E-state index in [1.165, 1.54) is 119 Å². The minimum absolute atomic E-state index is 1.25. The van der Waals surface area contributed by atoms with Crippen molar-refractivity contribution in [1.29, 1.82) is 0 Å². The van der Waals surface area contributed by atoms with Crippen molar-refractivity contribution < 1.29 is 0 Å². The fraction of sp³-hybridized carbons (Fsp3) is 0. The van der Waals surface area contributed by atoms with E-state index in [2.05, 4.69) is 170 Å². The van der Waals surface area contributed by atoms with Gasteiger partial charge in [0, 0.05) is 0 Å². The molecule has 0 nitrogen and oxygen atoms in total. The Balaban J connectivity index is 1.11. The van der Waals surface area contributed by atoms with Gasteiger partial charge in [-0.3, -0.25) is 0 Å². The summed E-state index contributed by atoms with van der Waals surface area (Å²) in [6.07, 6.45) is 0. The van der Waals surface area contributed by atoms with E-state index in [4.69, 9.17) is 0 Å². The van der Waals surface area contributed by atoms with Gasteiger partial charge in [0.2, 0.25) is 0 Å². The van der Waals surface area contributed by atoms with Gasteiger partial charge in [0.1, 0.15) is 0 Å². The first kappa shape index (κ1) is 26.5. The first-order valence-electron chi connectivity index (χ1n) is 17.5. The predicted molar refractivity (Wildman–Crippen MR) is 217 cm³/mol. The van der Waals surface area contributed by atoms with Gasteiger partial charge in [-0.05, 0) is 143 Å². The van der Waals surface area contributed by atoms with Crippen LogP contribution in [0.25, 0.3) is 119 Å². The van der Waals surface area contributed by atoms with E-state index in [1.807, 2.05) is 0 Å². The Morgan fingerprint density at radius 1 is 0.200 bits per heavy atom. The zero-order valence-electron chi connectivity index (χ0n) is 27.2. The summed E-state index contributed by atoms with van der Waals surface area (Å²) < 4.78 is 0. The highest BCUT2D eigenvalue weighted by Gasteiger charge is 2.18. The van der Waals surface area contributed by atoms with Crippen LogP contribution in [0, 0.1) is 0 Å². The summed E-state index contributed by atoms with van der Waals surface area (Å²) in [5, 5.41) is 23.8. The fourth-order valence-corrected chi connectivity index (χ4v) is 9.36. The second-order valence-corrected chi connectivity index (χ2v) is 14.0. The zero-order valence-corrected chi connectivity index (χ0v) is 27.2. The van der Waals surface area contributed by atoms with E-state index in [9.17, 15) is 0 Å². The molecule has 0 fully saturated rings. The van der Waals surface area contributed by atoms with E-state index < -0.39 is 0 Å². The number of benzene rings is 12. The predicted octanol–water partition coefficient (Wildman–Crippen LogP) is 14.3. The summed E-state index contributed by atoms with van der Waals surface area (Å²) in [7, 11) is 0. The fourth-order valence-electron chi connectivity index (χ4n) is 9.36. The summed E-state index contributed by atoms with van der Waals surface area (Å²) in [6.45, 7) is 0. The Kier molecular flexibility index (Phi) is 5.06. The molecule has 0 spiro atoms. The van der Waals surface area contributed by atoms with Gasteiger partial charge >= 0.3 is 0 Å². The van der Waals surface area contributed by atoms with Crippen LogP contribution in [0.4, 0.5) is 0 Å². The van der Waals surface area contributed by atoms with Crippen LogP contribution in [0.5, 0.6) is 0 Å². The van der Waals surface area contributed by atoms with E-state index in [1.54, 1.807) is 0 Å². The van der Waals surface area contributed by atoms with Crippen molar-refractivity contribution in [1.82, 2.24) is 0 Å². The van der Waals surface area contributed by atoms with Crippen LogP contribution in [0.15, 0.2) is 170 Å². The van der Waals surface area contributed by atoms with Gasteiger partial charge in [-0.2, -0.15) is 0 Å². The highest BCUT2D eigenvalue weighted by Crippen LogP contribution is 2.46. The third-order valence-electron chi connectivity index (χ3n) is 11.5. The second-order valence-electron chi connectivity index (χ2n) is 14.0. The summed E-state index contributed by atoms with van der Waals surface area (Å²) in [6, 6.07) is 63.8. The van der Waals surface area contributed by atoms with E-state index in [-0.39, 0.29) is 0 Å². The molecule has 0 aliphatic heterocycles. The standard InChI is InChI=1S/C50H28/c1-3-13-37-35(11-1)39-15-5-9-32-27-45(43-19-7-17-41(37)49(43)47(32)39)30-23-21-29-22-24-31(26-34(29)25-30)46-28-33-10-6-16-40-36-12-2-4-14-38(36)42-18-8-20-44(46)50(42)48(33)40/h1-28H. The Morgan fingerprint density at radius 3 is 1.00 bits per heavy atom. The highest BCUT2D eigenvalue weighted by atomic mass is 14.2. The van der Waals surface area contributed by atoms with Gasteiger partial charge in [0.15, 0.2) is 0 Å². The Morgan fingerprint density at radius 2 is 0.560 bits per heavy atom. The Hall–Kier alpha value is -6.50. The lowest BCUT2D eigenvalue weighted by molar-refractivity contribution is 1.68. The molecule has 0 N–H and O–H groups in total. The molecule has 12 aromatic carbocycles. The lowest BCUT2D eigenvalue weighted by Gasteiger charge is -2.18. The zero-order chi connectivity index (χ0) is 32.5.